The molecule has 0 aromatic carbocycles. The van der Waals surface area contributed by atoms with E-state index in [1.165, 1.54) is 17.9 Å². The number of fused-ring (bicyclic) bond motifs is 1. The summed E-state index contributed by atoms with van der Waals surface area (Å²) in [5.74, 6) is -1.09. The molecule has 4 rings (SSSR count). The van der Waals surface area contributed by atoms with Gasteiger partial charge in [0.1, 0.15) is 5.65 Å². The molecule has 8 nitrogen and oxygen atoms in total. The predicted octanol–water partition coefficient (Wildman–Crippen LogP) is 1.94. The smallest absolute Gasteiger partial charge is 0.275 e. The van der Waals surface area contributed by atoms with E-state index in [0.29, 0.717) is 6.54 Å². The minimum Gasteiger partial charge on any atom is -0.503 e. The molecule has 0 atom stereocenters. The van der Waals surface area contributed by atoms with Crippen molar-refractivity contribution in [2.45, 2.75) is 44.7 Å². The first-order valence-electron chi connectivity index (χ1n) is 9.41. The second-order valence-corrected chi connectivity index (χ2v) is 7.46. The van der Waals surface area contributed by atoms with E-state index in [1.807, 2.05) is 6.07 Å². The number of carbonyl (C=O) groups is 1. The van der Waals surface area contributed by atoms with Gasteiger partial charge in [-0.2, -0.15) is 5.10 Å². The van der Waals surface area contributed by atoms with Crippen molar-refractivity contribution in [3.8, 4) is 5.75 Å². The van der Waals surface area contributed by atoms with Crippen LogP contribution < -0.4 is 10.7 Å². The summed E-state index contributed by atoms with van der Waals surface area (Å²) in [7, 11) is 1.43. The normalized spacial score (nSPS) is 15.8. The highest BCUT2D eigenvalue weighted by Crippen LogP contribution is 2.40. The number of rotatable bonds is 4. The number of carbonyl (C=O) groups excluding carboxylic acids is 1. The van der Waals surface area contributed by atoms with Gasteiger partial charge < -0.3 is 15.0 Å². The fourth-order valence-corrected chi connectivity index (χ4v) is 4.26. The van der Waals surface area contributed by atoms with Gasteiger partial charge in [-0.05, 0) is 37.5 Å². The lowest BCUT2D eigenvalue weighted by Crippen LogP contribution is -2.37. The van der Waals surface area contributed by atoms with Crippen LogP contribution in [0.15, 0.2) is 35.5 Å². The number of nitrogens with one attached hydrogen (secondary N) is 1. The molecular formula is C20H23N5O3. The van der Waals surface area contributed by atoms with Gasteiger partial charge in [-0.25, -0.2) is 4.98 Å². The third kappa shape index (κ3) is 2.85. The van der Waals surface area contributed by atoms with E-state index in [2.05, 4.69) is 39.2 Å². The van der Waals surface area contributed by atoms with E-state index in [-0.39, 0.29) is 11.2 Å². The van der Waals surface area contributed by atoms with Gasteiger partial charge in [-0.15, -0.1) is 0 Å². The maximum Gasteiger partial charge on any atom is 0.275 e. The third-order valence-electron chi connectivity index (χ3n) is 5.65. The summed E-state index contributed by atoms with van der Waals surface area (Å²) in [5, 5.41) is 17.8. The van der Waals surface area contributed by atoms with Crippen molar-refractivity contribution in [3.63, 3.8) is 0 Å². The van der Waals surface area contributed by atoms with E-state index in [1.54, 1.807) is 6.20 Å². The van der Waals surface area contributed by atoms with Crippen molar-refractivity contribution in [3.05, 3.63) is 52.2 Å². The van der Waals surface area contributed by atoms with Crippen molar-refractivity contribution < 1.29 is 9.90 Å². The number of nitrogens with zero attached hydrogens (tertiary/aromatic N) is 4. The second-order valence-electron chi connectivity index (χ2n) is 7.46. The van der Waals surface area contributed by atoms with Crippen LogP contribution in [0.4, 0.5) is 0 Å². The lowest BCUT2D eigenvalue weighted by atomic mass is 9.97. The van der Waals surface area contributed by atoms with Gasteiger partial charge in [-0.3, -0.25) is 14.3 Å². The lowest BCUT2D eigenvalue weighted by Gasteiger charge is -2.32. The zero-order valence-corrected chi connectivity index (χ0v) is 16.0. The molecule has 8 heteroatoms. The standard InChI is InChI=1S/C20H23N5O3/c1-13-10-25(18-14(13)6-5-9-22-18)20(7-3-4-8-20)12-24-11-15(26)17(27)16(23-24)19(28)21-2/h5-6,9-11,26H,3-4,7-8,12H2,1-2H3,(H,21,28). The molecule has 0 bridgehead atoms. The highest BCUT2D eigenvalue weighted by atomic mass is 16.3. The van der Waals surface area contributed by atoms with Gasteiger partial charge in [0, 0.05) is 24.8 Å². The van der Waals surface area contributed by atoms with Crippen LogP contribution in [0.1, 0.15) is 41.7 Å². The third-order valence-corrected chi connectivity index (χ3v) is 5.65. The molecule has 0 saturated heterocycles. The number of hydrogen-bond donors (Lipinski definition) is 2. The minimum atomic E-state index is -0.764. The topological polar surface area (TPSA) is 102 Å². The fraction of sp³-hybridized carbons (Fsp3) is 0.400. The van der Waals surface area contributed by atoms with Crippen molar-refractivity contribution in [1.82, 2.24) is 24.6 Å². The molecule has 0 radical (unpaired) electrons. The lowest BCUT2D eigenvalue weighted by molar-refractivity contribution is 0.0952. The fourth-order valence-electron chi connectivity index (χ4n) is 4.26. The average Bonchev–Trinajstić information content (AvgIpc) is 3.30. The summed E-state index contributed by atoms with van der Waals surface area (Å²) in [6, 6.07) is 3.99. The second kappa shape index (κ2) is 6.78. The van der Waals surface area contributed by atoms with Crippen LogP contribution in [-0.4, -0.2) is 37.4 Å². The molecule has 3 aromatic heterocycles. The zero-order valence-electron chi connectivity index (χ0n) is 16.0. The van der Waals surface area contributed by atoms with Crippen molar-refractivity contribution in [2.75, 3.05) is 7.05 Å². The van der Waals surface area contributed by atoms with Gasteiger partial charge in [0.15, 0.2) is 11.4 Å². The summed E-state index contributed by atoms with van der Waals surface area (Å²) < 4.78 is 3.72. The average molecular weight is 381 g/mol. The zero-order chi connectivity index (χ0) is 19.9. The molecule has 1 amide bonds. The molecule has 1 aliphatic rings. The Balaban J connectivity index is 1.83. The van der Waals surface area contributed by atoms with Gasteiger partial charge in [-0.1, -0.05) is 12.8 Å². The van der Waals surface area contributed by atoms with Crippen LogP contribution in [0, 0.1) is 6.92 Å². The molecule has 28 heavy (non-hydrogen) atoms. The Morgan fingerprint density at radius 3 is 2.79 bits per heavy atom. The molecule has 3 aromatic rings. The van der Waals surface area contributed by atoms with Crippen molar-refractivity contribution in [1.29, 1.82) is 0 Å². The Bertz CT molecular complexity index is 1110. The molecule has 1 aliphatic carbocycles. The molecule has 3 heterocycles. The van der Waals surface area contributed by atoms with Gasteiger partial charge in [0.05, 0.1) is 18.3 Å². The first-order chi connectivity index (χ1) is 13.4. The van der Waals surface area contributed by atoms with Gasteiger partial charge in [0.2, 0.25) is 0 Å². The van der Waals surface area contributed by atoms with E-state index in [9.17, 15) is 14.7 Å². The van der Waals surface area contributed by atoms with Gasteiger partial charge in [0.25, 0.3) is 11.3 Å². The maximum atomic E-state index is 12.1. The Hall–Kier alpha value is -3.16. The van der Waals surface area contributed by atoms with Crippen LogP contribution in [0.5, 0.6) is 5.75 Å². The quantitative estimate of drug-likeness (QED) is 0.719. The first kappa shape index (κ1) is 18.2. The van der Waals surface area contributed by atoms with E-state index < -0.39 is 17.1 Å². The number of aromatic nitrogens is 4. The molecule has 0 aliphatic heterocycles. The SMILES string of the molecule is CNC(=O)c1nn(CC2(n3cc(C)c4cccnc43)CCCC2)cc(O)c1=O. The monoisotopic (exact) mass is 381 g/mol. The summed E-state index contributed by atoms with van der Waals surface area (Å²) >= 11 is 0. The van der Waals surface area contributed by atoms with Crippen LogP contribution in [0.25, 0.3) is 11.0 Å². The summed E-state index contributed by atoms with van der Waals surface area (Å²) in [6.45, 7) is 2.50. The summed E-state index contributed by atoms with van der Waals surface area (Å²) in [4.78, 5) is 28.7. The van der Waals surface area contributed by atoms with Crippen LogP contribution in [0.3, 0.4) is 0 Å². The largest absolute Gasteiger partial charge is 0.503 e. The highest BCUT2D eigenvalue weighted by Gasteiger charge is 2.38. The molecule has 0 unspecified atom stereocenters. The predicted molar refractivity (Wildman–Crippen MR) is 104 cm³/mol. The molecule has 2 N–H and O–H groups in total. The number of aromatic hydroxyl groups is 1. The van der Waals surface area contributed by atoms with Crippen molar-refractivity contribution in [2.24, 2.45) is 0 Å². The first-order valence-corrected chi connectivity index (χ1v) is 9.41. The number of hydrogen-bond acceptors (Lipinski definition) is 5. The van der Waals surface area contributed by atoms with E-state index in [0.717, 1.165) is 42.3 Å². The maximum absolute atomic E-state index is 12.1. The van der Waals surface area contributed by atoms with E-state index >= 15 is 0 Å². The summed E-state index contributed by atoms with van der Waals surface area (Å²) in [5.41, 5.74) is 0.715. The molecule has 1 fully saturated rings. The Morgan fingerprint density at radius 1 is 1.32 bits per heavy atom. The molecule has 1 saturated carbocycles. The molecular weight excluding hydrogens is 358 g/mol. The van der Waals surface area contributed by atoms with Gasteiger partial charge >= 0.3 is 0 Å². The Kier molecular flexibility index (Phi) is 4.41. The minimum absolute atomic E-state index is 0.282. The van der Waals surface area contributed by atoms with Crippen molar-refractivity contribution >= 4 is 16.9 Å². The van der Waals surface area contributed by atoms with Crippen LogP contribution in [-0.2, 0) is 12.1 Å². The van der Waals surface area contributed by atoms with E-state index in [4.69, 9.17) is 0 Å². The Labute approximate surface area is 161 Å². The molecule has 0 spiro atoms. The van der Waals surface area contributed by atoms with Crippen LogP contribution in [0.2, 0.25) is 0 Å². The highest BCUT2D eigenvalue weighted by molar-refractivity contribution is 5.92. The van der Waals surface area contributed by atoms with Crippen LogP contribution >= 0.6 is 0 Å². The number of amides is 1. The number of aryl methyl sites for hydroxylation is 1. The Morgan fingerprint density at radius 2 is 2.07 bits per heavy atom. The number of pyridine rings is 1. The molecule has 146 valence electrons. The summed E-state index contributed by atoms with van der Waals surface area (Å²) in [6.07, 6.45) is 9.20.